The van der Waals surface area contributed by atoms with Crippen LogP contribution in [-0.2, 0) is 27.6 Å². The molecule has 24 heavy (non-hydrogen) atoms. The molecule has 0 saturated carbocycles. The molecule has 1 saturated heterocycles. The average Bonchev–Trinajstić information content (AvgIpc) is 2.89. The Morgan fingerprint density at radius 3 is 2.38 bits per heavy atom. The highest BCUT2D eigenvalue weighted by molar-refractivity contribution is 7.91. The van der Waals surface area contributed by atoms with Crippen molar-refractivity contribution in [2.45, 2.75) is 25.4 Å². The molecule has 1 atom stereocenters. The van der Waals surface area contributed by atoms with Crippen molar-refractivity contribution >= 4 is 15.7 Å². The quantitative estimate of drug-likeness (QED) is 0.818. The molecular formula is C18H21N2O3S+. The number of carbonyl (C=O) groups is 1. The normalized spacial score (nSPS) is 19.1. The van der Waals surface area contributed by atoms with Gasteiger partial charge in [-0.25, -0.2) is 8.42 Å². The number of amides is 1. The fourth-order valence-corrected chi connectivity index (χ4v) is 4.56. The highest BCUT2D eigenvalue weighted by Gasteiger charge is 2.29. The first-order valence-corrected chi connectivity index (χ1v) is 9.84. The smallest absolute Gasteiger partial charge is 0.286 e. The Kier molecular flexibility index (Phi) is 4.94. The van der Waals surface area contributed by atoms with Crippen molar-refractivity contribution in [1.82, 2.24) is 5.32 Å². The number of hydrogen-bond acceptors (Lipinski definition) is 3. The van der Waals surface area contributed by atoms with E-state index in [-0.39, 0.29) is 30.0 Å². The minimum atomic E-state index is -2.97. The Morgan fingerprint density at radius 1 is 1.08 bits per heavy atom. The molecule has 1 aromatic heterocycles. The van der Waals surface area contributed by atoms with E-state index in [0.717, 1.165) is 6.42 Å². The Balaban J connectivity index is 1.53. The summed E-state index contributed by atoms with van der Waals surface area (Å²) in [5, 5.41) is 2.80. The van der Waals surface area contributed by atoms with Crippen LogP contribution in [0.15, 0.2) is 54.9 Å². The molecule has 2 heterocycles. The summed E-state index contributed by atoms with van der Waals surface area (Å²) in [5.41, 5.74) is 2.43. The largest absolute Gasteiger partial charge is 0.347 e. The van der Waals surface area contributed by atoms with Crippen molar-refractivity contribution in [3.8, 4) is 0 Å². The number of nitrogens with one attached hydrogen (secondary N) is 1. The fourth-order valence-electron chi connectivity index (χ4n) is 2.89. The van der Waals surface area contributed by atoms with E-state index in [9.17, 15) is 13.2 Å². The van der Waals surface area contributed by atoms with Crippen LogP contribution < -0.4 is 9.88 Å². The molecule has 2 aromatic rings. The van der Waals surface area contributed by atoms with Gasteiger partial charge in [0.15, 0.2) is 22.2 Å². The van der Waals surface area contributed by atoms with E-state index in [1.807, 2.05) is 42.7 Å². The van der Waals surface area contributed by atoms with E-state index in [2.05, 4.69) is 17.4 Å². The first-order chi connectivity index (χ1) is 11.5. The van der Waals surface area contributed by atoms with Crippen LogP contribution in [0.3, 0.4) is 0 Å². The average molecular weight is 345 g/mol. The van der Waals surface area contributed by atoms with Crippen molar-refractivity contribution in [2.75, 3.05) is 11.5 Å². The highest BCUT2D eigenvalue weighted by atomic mass is 32.2. The predicted molar refractivity (Wildman–Crippen MR) is 91.1 cm³/mol. The molecule has 0 aliphatic carbocycles. The number of pyridine rings is 1. The topological polar surface area (TPSA) is 67.1 Å². The number of benzene rings is 1. The molecule has 1 aliphatic heterocycles. The van der Waals surface area contributed by atoms with E-state index >= 15 is 0 Å². The number of rotatable bonds is 5. The number of aromatic nitrogens is 1. The van der Waals surface area contributed by atoms with Crippen LogP contribution >= 0.6 is 0 Å². The van der Waals surface area contributed by atoms with Gasteiger partial charge in [0.1, 0.15) is 0 Å². The van der Waals surface area contributed by atoms with Gasteiger partial charge in [0.2, 0.25) is 6.54 Å². The van der Waals surface area contributed by atoms with Gasteiger partial charge in [-0.2, -0.15) is 4.57 Å². The zero-order valence-electron chi connectivity index (χ0n) is 13.4. The van der Waals surface area contributed by atoms with E-state index < -0.39 is 9.84 Å². The standard InChI is InChI=1S/C18H20N2O3S/c21-18(19-17-8-11-24(22,23)14-17)13-20-9-6-16(7-10-20)12-15-4-2-1-3-5-15/h1-7,9-10,17H,8,11-14H2/p+1/t17-/m1/s1. The van der Waals surface area contributed by atoms with Crippen molar-refractivity contribution in [3.05, 3.63) is 66.0 Å². The summed E-state index contributed by atoms with van der Waals surface area (Å²) in [7, 11) is -2.97. The summed E-state index contributed by atoms with van der Waals surface area (Å²) in [6, 6.07) is 14.0. The minimum Gasteiger partial charge on any atom is -0.347 e. The second-order valence-corrected chi connectivity index (χ2v) is 8.44. The van der Waals surface area contributed by atoms with Crippen LogP contribution in [-0.4, -0.2) is 31.9 Å². The van der Waals surface area contributed by atoms with Gasteiger partial charge in [0.05, 0.1) is 11.5 Å². The van der Waals surface area contributed by atoms with E-state index in [1.54, 1.807) is 4.57 Å². The lowest BCUT2D eigenvalue weighted by Gasteiger charge is -2.08. The summed E-state index contributed by atoms with van der Waals surface area (Å²) in [5.74, 6) is 0.0662. The maximum Gasteiger partial charge on any atom is 0.286 e. The Hall–Kier alpha value is -2.21. The van der Waals surface area contributed by atoms with Gasteiger partial charge in [-0.3, -0.25) is 4.79 Å². The first-order valence-electron chi connectivity index (χ1n) is 8.02. The van der Waals surface area contributed by atoms with Gasteiger partial charge in [-0.1, -0.05) is 30.3 Å². The molecule has 6 heteroatoms. The van der Waals surface area contributed by atoms with Crippen LogP contribution in [0.4, 0.5) is 0 Å². The monoisotopic (exact) mass is 345 g/mol. The molecular weight excluding hydrogens is 324 g/mol. The zero-order valence-corrected chi connectivity index (χ0v) is 14.2. The number of carbonyl (C=O) groups excluding carboxylic acids is 1. The Labute approximate surface area is 142 Å². The van der Waals surface area contributed by atoms with E-state index in [4.69, 9.17) is 0 Å². The van der Waals surface area contributed by atoms with Crippen molar-refractivity contribution in [3.63, 3.8) is 0 Å². The SMILES string of the molecule is O=C(C[n+]1ccc(Cc2ccccc2)cc1)N[C@@H]1CCS(=O)(=O)C1. The van der Waals surface area contributed by atoms with Crippen LogP contribution in [0.25, 0.3) is 0 Å². The lowest BCUT2D eigenvalue weighted by atomic mass is 10.1. The summed E-state index contributed by atoms with van der Waals surface area (Å²) < 4.78 is 24.6. The third kappa shape index (κ3) is 4.64. The van der Waals surface area contributed by atoms with E-state index in [0.29, 0.717) is 6.42 Å². The summed E-state index contributed by atoms with van der Waals surface area (Å²) in [6.45, 7) is 0.197. The molecule has 3 rings (SSSR count). The molecule has 126 valence electrons. The molecule has 1 amide bonds. The molecule has 0 unspecified atom stereocenters. The highest BCUT2D eigenvalue weighted by Crippen LogP contribution is 2.11. The molecule has 0 spiro atoms. The van der Waals surface area contributed by atoms with Crippen LogP contribution in [0.5, 0.6) is 0 Å². The maximum absolute atomic E-state index is 12.0. The second kappa shape index (κ2) is 7.13. The Bertz CT molecular complexity index is 802. The van der Waals surface area contributed by atoms with Gasteiger partial charge in [0, 0.05) is 18.2 Å². The lowest BCUT2D eigenvalue weighted by molar-refractivity contribution is -0.684. The van der Waals surface area contributed by atoms with Crippen LogP contribution in [0.2, 0.25) is 0 Å². The third-order valence-electron chi connectivity index (χ3n) is 4.13. The van der Waals surface area contributed by atoms with Crippen molar-refractivity contribution < 1.29 is 17.8 Å². The van der Waals surface area contributed by atoms with Crippen molar-refractivity contribution in [1.29, 1.82) is 0 Å². The fraction of sp³-hybridized carbons (Fsp3) is 0.333. The van der Waals surface area contributed by atoms with Gasteiger partial charge < -0.3 is 5.32 Å². The predicted octanol–water partition coefficient (Wildman–Crippen LogP) is 0.868. The van der Waals surface area contributed by atoms with Crippen molar-refractivity contribution in [2.24, 2.45) is 0 Å². The molecule has 1 aliphatic rings. The van der Waals surface area contributed by atoms with Crippen LogP contribution in [0, 0.1) is 0 Å². The lowest BCUT2D eigenvalue weighted by Crippen LogP contribution is -2.46. The molecule has 0 radical (unpaired) electrons. The number of hydrogen-bond donors (Lipinski definition) is 1. The summed E-state index contributed by atoms with van der Waals surface area (Å²) >= 11 is 0. The first kappa shape index (κ1) is 16.6. The molecule has 5 nitrogen and oxygen atoms in total. The number of sulfone groups is 1. The number of nitrogens with zero attached hydrogens (tertiary/aromatic N) is 1. The molecule has 1 aromatic carbocycles. The zero-order chi connectivity index (χ0) is 17.0. The third-order valence-corrected chi connectivity index (χ3v) is 5.90. The minimum absolute atomic E-state index is 0.0550. The van der Waals surface area contributed by atoms with Gasteiger partial charge in [0.25, 0.3) is 5.91 Å². The van der Waals surface area contributed by atoms with Gasteiger partial charge in [-0.05, 0) is 24.0 Å². The van der Waals surface area contributed by atoms with Gasteiger partial charge in [-0.15, -0.1) is 0 Å². The molecule has 1 fully saturated rings. The maximum atomic E-state index is 12.0. The molecule has 1 N–H and O–H groups in total. The van der Waals surface area contributed by atoms with E-state index in [1.165, 1.54) is 11.1 Å². The van der Waals surface area contributed by atoms with Gasteiger partial charge >= 0.3 is 0 Å². The summed E-state index contributed by atoms with van der Waals surface area (Å²) in [6.07, 6.45) is 5.12. The van der Waals surface area contributed by atoms with Crippen LogP contribution in [0.1, 0.15) is 17.5 Å². The summed E-state index contributed by atoms with van der Waals surface area (Å²) in [4.78, 5) is 12.0. The second-order valence-electron chi connectivity index (χ2n) is 6.21. The Morgan fingerprint density at radius 2 is 1.75 bits per heavy atom. The molecule has 0 bridgehead atoms.